The Labute approximate surface area is 70.8 Å². The van der Waals surface area contributed by atoms with Crippen LogP contribution in [0.3, 0.4) is 0 Å². The van der Waals surface area contributed by atoms with Crippen molar-refractivity contribution in [2.45, 2.75) is 31.6 Å². The van der Waals surface area contributed by atoms with Crippen molar-refractivity contribution in [3.05, 3.63) is 0 Å². The summed E-state index contributed by atoms with van der Waals surface area (Å²) in [6.45, 7) is 0.815. The van der Waals surface area contributed by atoms with Gasteiger partial charge in [0.05, 0.1) is 6.04 Å². The highest BCUT2D eigenvalue weighted by Gasteiger charge is 2.29. The molecule has 0 saturated heterocycles. The third kappa shape index (κ3) is 4.58. The molecule has 0 bridgehead atoms. The van der Waals surface area contributed by atoms with Gasteiger partial charge < -0.3 is 15.2 Å². The molecule has 2 N–H and O–H groups in total. The van der Waals surface area contributed by atoms with Gasteiger partial charge in [0.2, 0.25) is 5.92 Å². The number of hydrogen-bond acceptors (Lipinski definition) is 3. The van der Waals surface area contributed by atoms with Crippen LogP contribution in [-0.2, 0) is 9.47 Å². The van der Waals surface area contributed by atoms with Gasteiger partial charge in [0, 0.05) is 20.6 Å². The first-order valence-corrected chi connectivity index (χ1v) is 3.59. The average Bonchev–Trinajstić information content (AvgIpc) is 1.85. The van der Waals surface area contributed by atoms with E-state index in [1.165, 1.54) is 14.2 Å². The summed E-state index contributed by atoms with van der Waals surface area (Å²) in [5.74, 6) is -2.78. The Bertz CT molecular complexity index is 123. The average molecular weight is 183 g/mol. The minimum atomic E-state index is -2.78. The van der Waals surface area contributed by atoms with Gasteiger partial charge in [0.25, 0.3) is 0 Å². The quantitative estimate of drug-likeness (QED) is 0.646. The number of nitrogens with two attached hydrogens (primary N) is 1. The predicted molar refractivity (Wildman–Crippen MR) is 41.0 cm³/mol. The summed E-state index contributed by atoms with van der Waals surface area (Å²) in [5.41, 5.74) is 5.40. The van der Waals surface area contributed by atoms with Crippen LogP contribution in [0.15, 0.2) is 0 Å². The molecule has 12 heavy (non-hydrogen) atoms. The molecule has 0 fully saturated rings. The molecule has 0 aliphatic carbocycles. The fraction of sp³-hybridized carbons (Fsp3) is 1.00. The molecule has 0 unspecified atom stereocenters. The first-order valence-electron chi connectivity index (χ1n) is 3.59. The minimum Gasteiger partial charge on any atom is -0.354 e. The molecule has 0 aromatic heterocycles. The van der Waals surface area contributed by atoms with Gasteiger partial charge in [-0.3, -0.25) is 0 Å². The van der Waals surface area contributed by atoms with Crippen LogP contribution in [0.4, 0.5) is 8.78 Å². The molecule has 0 amide bonds. The van der Waals surface area contributed by atoms with E-state index in [9.17, 15) is 8.78 Å². The lowest BCUT2D eigenvalue weighted by atomic mass is 10.1. The maximum atomic E-state index is 12.4. The number of hydrogen-bond donors (Lipinski definition) is 1. The van der Waals surface area contributed by atoms with Gasteiger partial charge >= 0.3 is 0 Å². The van der Waals surface area contributed by atoms with E-state index >= 15 is 0 Å². The van der Waals surface area contributed by atoms with Crippen LogP contribution in [0.1, 0.15) is 13.3 Å². The van der Waals surface area contributed by atoms with Crippen LogP contribution < -0.4 is 5.73 Å². The van der Waals surface area contributed by atoms with Crippen molar-refractivity contribution < 1.29 is 18.3 Å². The van der Waals surface area contributed by atoms with Gasteiger partial charge in [0.1, 0.15) is 0 Å². The molecular formula is C7H15F2NO2. The van der Waals surface area contributed by atoms with Crippen LogP contribution in [0, 0.1) is 0 Å². The molecule has 3 nitrogen and oxygen atoms in total. The van der Waals surface area contributed by atoms with Gasteiger partial charge in [-0.25, -0.2) is 8.78 Å². The summed E-state index contributed by atoms with van der Waals surface area (Å²) < 4.78 is 34.3. The molecule has 0 aromatic carbocycles. The number of ether oxygens (including phenoxy) is 2. The maximum Gasteiger partial charge on any atom is 0.247 e. The summed E-state index contributed by atoms with van der Waals surface area (Å²) in [4.78, 5) is 0. The summed E-state index contributed by atoms with van der Waals surface area (Å²) in [7, 11) is 2.73. The second-order valence-electron chi connectivity index (χ2n) is 2.78. The first kappa shape index (κ1) is 11.7. The van der Waals surface area contributed by atoms with Crippen molar-refractivity contribution in [1.82, 2.24) is 0 Å². The van der Waals surface area contributed by atoms with Crippen LogP contribution in [0.2, 0.25) is 0 Å². The van der Waals surface area contributed by atoms with Gasteiger partial charge in [-0.05, 0) is 6.92 Å². The molecule has 1 atom stereocenters. The van der Waals surface area contributed by atoms with Gasteiger partial charge in [-0.15, -0.1) is 0 Å². The predicted octanol–water partition coefficient (Wildman–Crippen LogP) is 0.978. The Morgan fingerprint density at radius 1 is 1.33 bits per heavy atom. The topological polar surface area (TPSA) is 44.5 Å². The lowest BCUT2D eigenvalue weighted by Gasteiger charge is -2.23. The molecule has 0 spiro atoms. The first-order chi connectivity index (χ1) is 5.40. The van der Waals surface area contributed by atoms with Gasteiger partial charge in [0.15, 0.2) is 6.29 Å². The molecule has 0 saturated carbocycles. The SMILES string of the molecule is COC(OC)[C@@H](N)CC(C)(F)F. The zero-order chi connectivity index (χ0) is 9.78. The number of methoxy groups -OCH3 is 2. The fourth-order valence-corrected chi connectivity index (χ4v) is 0.956. The Morgan fingerprint density at radius 2 is 1.75 bits per heavy atom. The summed E-state index contributed by atoms with van der Waals surface area (Å²) in [6, 6.07) is -0.806. The summed E-state index contributed by atoms with van der Waals surface area (Å²) >= 11 is 0. The zero-order valence-corrected chi connectivity index (χ0v) is 7.51. The molecule has 0 aliphatic heterocycles. The Hall–Kier alpha value is -0.260. The van der Waals surface area contributed by atoms with E-state index in [0.29, 0.717) is 0 Å². The second kappa shape index (κ2) is 4.69. The van der Waals surface area contributed by atoms with Crippen molar-refractivity contribution in [2.24, 2.45) is 5.73 Å². The molecule has 74 valence electrons. The van der Waals surface area contributed by atoms with Crippen LogP contribution in [0.5, 0.6) is 0 Å². The van der Waals surface area contributed by atoms with Crippen molar-refractivity contribution in [3.63, 3.8) is 0 Å². The third-order valence-corrected chi connectivity index (χ3v) is 1.41. The van der Waals surface area contributed by atoms with Crippen LogP contribution in [0.25, 0.3) is 0 Å². The monoisotopic (exact) mass is 183 g/mol. The normalized spacial score (nSPS) is 15.2. The van der Waals surface area contributed by atoms with E-state index in [-0.39, 0.29) is 0 Å². The van der Waals surface area contributed by atoms with Crippen molar-refractivity contribution in [1.29, 1.82) is 0 Å². The Morgan fingerprint density at radius 3 is 2.00 bits per heavy atom. The highest BCUT2D eigenvalue weighted by Crippen LogP contribution is 2.20. The van der Waals surface area contributed by atoms with Gasteiger partial charge in [-0.1, -0.05) is 0 Å². The third-order valence-electron chi connectivity index (χ3n) is 1.41. The molecule has 0 rings (SSSR count). The van der Waals surface area contributed by atoms with E-state index in [4.69, 9.17) is 15.2 Å². The van der Waals surface area contributed by atoms with E-state index in [1.807, 2.05) is 0 Å². The smallest absolute Gasteiger partial charge is 0.247 e. The Balaban J connectivity index is 3.92. The largest absolute Gasteiger partial charge is 0.354 e. The summed E-state index contributed by atoms with van der Waals surface area (Å²) in [6.07, 6.45) is -1.21. The maximum absolute atomic E-state index is 12.4. The fourth-order valence-electron chi connectivity index (χ4n) is 0.956. The molecule has 0 heterocycles. The van der Waals surface area contributed by atoms with E-state index in [2.05, 4.69) is 0 Å². The lowest BCUT2D eigenvalue weighted by Crippen LogP contribution is -2.41. The second-order valence-corrected chi connectivity index (χ2v) is 2.78. The van der Waals surface area contributed by atoms with E-state index in [1.54, 1.807) is 0 Å². The number of alkyl halides is 2. The molecular weight excluding hydrogens is 168 g/mol. The highest BCUT2D eigenvalue weighted by molar-refractivity contribution is 4.72. The molecule has 0 aliphatic rings. The van der Waals surface area contributed by atoms with E-state index in [0.717, 1.165) is 6.92 Å². The number of rotatable bonds is 5. The molecule has 0 radical (unpaired) electrons. The van der Waals surface area contributed by atoms with Crippen molar-refractivity contribution in [2.75, 3.05) is 14.2 Å². The minimum absolute atomic E-state index is 0.445. The standard InChI is InChI=1S/C7H15F2NO2/c1-7(8,9)4-5(10)6(11-2)12-3/h5-6H,4,10H2,1-3H3/t5-/m0/s1. The van der Waals surface area contributed by atoms with Crippen LogP contribution >= 0.6 is 0 Å². The molecule has 0 aromatic rings. The van der Waals surface area contributed by atoms with Crippen molar-refractivity contribution in [3.8, 4) is 0 Å². The van der Waals surface area contributed by atoms with Crippen LogP contribution in [-0.4, -0.2) is 32.5 Å². The summed E-state index contributed by atoms with van der Waals surface area (Å²) in [5, 5.41) is 0. The van der Waals surface area contributed by atoms with Gasteiger partial charge in [-0.2, -0.15) is 0 Å². The van der Waals surface area contributed by atoms with E-state index < -0.39 is 24.7 Å². The zero-order valence-electron chi connectivity index (χ0n) is 7.51. The van der Waals surface area contributed by atoms with Crippen molar-refractivity contribution >= 4 is 0 Å². The number of halogens is 2. The molecule has 5 heteroatoms. The highest BCUT2D eigenvalue weighted by atomic mass is 19.3. The lowest BCUT2D eigenvalue weighted by molar-refractivity contribution is -0.131. The Kier molecular flexibility index (Phi) is 4.59.